The van der Waals surface area contributed by atoms with Gasteiger partial charge >= 0.3 is 5.97 Å². The number of benzene rings is 1. The number of nitrogens with zero attached hydrogens (tertiary/aromatic N) is 1. The molecule has 0 aliphatic rings. The number of hydrogen-bond acceptors (Lipinski definition) is 5. The van der Waals surface area contributed by atoms with Crippen LogP contribution in [-0.2, 0) is 16.0 Å². The molecule has 0 atom stereocenters. The number of hydrogen-bond donors (Lipinski definition) is 1. The summed E-state index contributed by atoms with van der Waals surface area (Å²) in [6.07, 6.45) is 0.0543. The van der Waals surface area contributed by atoms with Crippen molar-refractivity contribution in [2.24, 2.45) is 0 Å². The third-order valence-electron chi connectivity index (χ3n) is 1.86. The summed E-state index contributed by atoms with van der Waals surface area (Å²) in [6.45, 7) is 0. The average molecular weight is 210 g/mol. The van der Waals surface area contributed by atoms with Crippen LogP contribution in [0.2, 0.25) is 0 Å². The Morgan fingerprint density at radius 3 is 2.73 bits per heavy atom. The summed E-state index contributed by atoms with van der Waals surface area (Å²) in [7, 11) is 1.27. The molecule has 0 unspecified atom stereocenters. The number of carbonyl (C=O) groups is 1. The lowest BCUT2D eigenvalue weighted by atomic mass is 10.1. The lowest BCUT2D eigenvalue weighted by molar-refractivity contribution is -0.383. The van der Waals surface area contributed by atoms with Crippen molar-refractivity contribution < 1.29 is 14.5 Å². The second kappa shape index (κ2) is 4.41. The number of ether oxygens (including phenoxy) is 1. The van der Waals surface area contributed by atoms with Gasteiger partial charge < -0.3 is 10.5 Å². The molecule has 1 aromatic carbocycles. The van der Waals surface area contributed by atoms with Gasteiger partial charge in [-0.25, -0.2) is 0 Å². The van der Waals surface area contributed by atoms with Crippen LogP contribution in [0.1, 0.15) is 5.56 Å². The van der Waals surface area contributed by atoms with Crippen molar-refractivity contribution in [3.05, 3.63) is 33.9 Å². The number of rotatable bonds is 3. The van der Waals surface area contributed by atoms with Gasteiger partial charge in [-0.3, -0.25) is 14.9 Å². The molecule has 0 saturated carbocycles. The normalized spacial score (nSPS) is 9.67. The molecule has 0 saturated heterocycles. The van der Waals surface area contributed by atoms with E-state index in [1.165, 1.54) is 25.3 Å². The first kappa shape index (κ1) is 11.0. The van der Waals surface area contributed by atoms with Gasteiger partial charge in [0.1, 0.15) is 5.69 Å². The van der Waals surface area contributed by atoms with Crippen LogP contribution in [0.5, 0.6) is 0 Å². The molecule has 0 heterocycles. The zero-order chi connectivity index (χ0) is 11.4. The van der Waals surface area contributed by atoms with Gasteiger partial charge in [0, 0.05) is 6.07 Å². The maximum atomic E-state index is 10.9. The molecule has 0 aromatic heterocycles. The standard InChI is InChI=1S/C9H10N2O4/c1-15-9(12)5-6-2-3-8(11(13)14)7(10)4-6/h2-4H,5,10H2,1H3. The summed E-state index contributed by atoms with van der Waals surface area (Å²) in [5, 5.41) is 10.4. The molecule has 0 aliphatic carbocycles. The highest BCUT2D eigenvalue weighted by molar-refractivity contribution is 5.73. The molecular weight excluding hydrogens is 200 g/mol. The van der Waals surface area contributed by atoms with E-state index in [1.807, 2.05) is 0 Å². The van der Waals surface area contributed by atoms with Gasteiger partial charge in [-0.1, -0.05) is 6.07 Å². The Morgan fingerprint density at radius 1 is 1.60 bits per heavy atom. The molecule has 0 bridgehead atoms. The van der Waals surface area contributed by atoms with Crippen LogP contribution in [0.4, 0.5) is 11.4 Å². The Bertz CT molecular complexity index is 403. The van der Waals surface area contributed by atoms with Crippen molar-refractivity contribution in [1.29, 1.82) is 0 Å². The zero-order valence-electron chi connectivity index (χ0n) is 8.10. The predicted molar refractivity (Wildman–Crippen MR) is 53.2 cm³/mol. The van der Waals surface area contributed by atoms with Crippen molar-refractivity contribution in [2.45, 2.75) is 6.42 Å². The van der Waals surface area contributed by atoms with Crippen molar-refractivity contribution in [3.8, 4) is 0 Å². The monoisotopic (exact) mass is 210 g/mol. The maximum Gasteiger partial charge on any atom is 0.309 e. The van der Waals surface area contributed by atoms with E-state index >= 15 is 0 Å². The van der Waals surface area contributed by atoms with Crippen LogP contribution in [0.3, 0.4) is 0 Å². The average Bonchev–Trinajstić information content (AvgIpc) is 2.17. The zero-order valence-corrected chi connectivity index (χ0v) is 8.10. The summed E-state index contributed by atoms with van der Waals surface area (Å²) in [5.41, 5.74) is 5.91. The van der Waals surface area contributed by atoms with Crippen LogP contribution in [-0.4, -0.2) is 18.0 Å². The van der Waals surface area contributed by atoms with Gasteiger partial charge in [0.25, 0.3) is 5.69 Å². The molecule has 0 spiro atoms. The fourth-order valence-electron chi connectivity index (χ4n) is 1.12. The number of nitro benzene ring substituents is 1. The molecule has 6 nitrogen and oxygen atoms in total. The van der Waals surface area contributed by atoms with Gasteiger partial charge in [0.05, 0.1) is 18.5 Å². The van der Waals surface area contributed by atoms with E-state index in [1.54, 1.807) is 0 Å². The Kier molecular flexibility index (Phi) is 3.22. The van der Waals surface area contributed by atoms with E-state index in [0.29, 0.717) is 5.56 Å². The number of anilines is 1. The molecule has 80 valence electrons. The minimum Gasteiger partial charge on any atom is -0.469 e. The second-order valence-corrected chi connectivity index (χ2v) is 2.90. The van der Waals surface area contributed by atoms with Gasteiger partial charge in [0.15, 0.2) is 0 Å². The summed E-state index contributed by atoms with van der Waals surface area (Å²) >= 11 is 0. The highest BCUT2D eigenvalue weighted by Gasteiger charge is 2.12. The SMILES string of the molecule is COC(=O)Cc1ccc([N+](=O)[O-])c(N)c1. The van der Waals surface area contributed by atoms with Gasteiger partial charge in [-0.15, -0.1) is 0 Å². The minimum absolute atomic E-state index is 0.0430. The first-order chi connectivity index (χ1) is 7.04. The highest BCUT2D eigenvalue weighted by Crippen LogP contribution is 2.22. The third kappa shape index (κ3) is 2.67. The fourth-order valence-corrected chi connectivity index (χ4v) is 1.12. The number of carbonyl (C=O) groups excluding carboxylic acids is 1. The van der Waals surface area contributed by atoms with Crippen LogP contribution >= 0.6 is 0 Å². The van der Waals surface area contributed by atoms with E-state index in [-0.39, 0.29) is 17.8 Å². The summed E-state index contributed by atoms with van der Waals surface area (Å²) in [4.78, 5) is 20.8. The quantitative estimate of drug-likeness (QED) is 0.346. The van der Waals surface area contributed by atoms with Crippen LogP contribution in [0, 0.1) is 10.1 Å². The maximum absolute atomic E-state index is 10.9. The topological polar surface area (TPSA) is 95.5 Å². The Balaban J connectivity index is 2.91. The van der Waals surface area contributed by atoms with E-state index in [4.69, 9.17) is 5.73 Å². The van der Waals surface area contributed by atoms with Crippen LogP contribution in [0.25, 0.3) is 0 Å². The molecule has 1 aromatic rings. The predicted octanol–water partition coefficient (Wildman–Crippen LogP) is 0.893. The van der Waals surface area contributed by atoms with Gasteiger partial charge in [-0.05, 0) is 11.6 Å². The minimum atomic E-state index is -0.572. The van der Waals surface area contributed by atoms with Crippen LogP contribution in [0.15, 0.2) is 18.2 Å². The van der Waals surface area contributed by atoms with E-state index in [9.17, 15) is 14.9 Å². The van der Waals surface area contributed by atoms with Crippen LogP contribution < -0.4 is 5.73 Å². The largest absolute Gasteiger partial charge is 0.469 e. The fraction of sp³-hybridized carbons (Fsp3) is 0.222. The Labute approximate surface area is 85.8 Å². The van der Waals surface area contributed by atoms with Gasteiger partial charge in [0.2, 0.25) is 0 Å². The molecule has 6 heteroatoms. The molecule has 0 fully saturated rings. The molecule has 1 rings (SSSR count). The molecule has 0 amide bonds. The second-order valence-electron chi connectivity index (χ2n) is 2.90. The Morgan fingerprint density at radius 2 is 2.27 bits per heavy atom. The van der Waals surface area contributed by atoms with Crippen molar-refractivity contribution in [3.63, 3.8) is 0 Å². The smallest absolute Gasteiger partial charge is 0.309 e. The van der Waals surface area contributed by atoms with E-state index in [2.05, 4.69) is 4.74 Å². The summed E-state index contributed by atoms with van der Waals surface area (Å²) in [5.74, 6) is -0.414. The molecule has 0 radical (unpaired) electrons. The summed E-state index contributed by atoms with van der Waals surface area (Å²) in [6, 6.07) is 4.15. The summed E-state index contributed by atoms with van der Waals surface area (Å²) < 4.78 is 4.46. The number of nitro groups is 1. The Hall–Kier alpha value is -2.11. The first-order valence-electron chi connectivity index (χ1n) is 4.14. The molecule has 2 N–H and O–H groups in total. The number of esters is 1. The van der Waals surface area contributed by atoms with Crippen molar-refractivity contribution >= 4 is 17.3 Å². The molecular formula is C9H10N2O4. The third-order valence-corrected chi connectivity index (χ3v) is 1.86. The van der Waals surface area contributed by atoms with Gasteiger partial charge in [-0.2, -0.15) is 0 Å². The lowest BCUT2D eigenvalue weighted by Crippen LogP contribution is -2.05. The van der Waals surface area contributed by atoms with Crippen molar-refractivity contribution in [1.82, 2.24) is 0 Å². The first-order valence-corrected chi connectivity index (χ1v) is 4.14. The van der Waals surface area contributed by atoms with E-state index < -0.39 is 10.9 Å². The molecule has 0 aliphatic heterocycles. The highest BCUT2D eigenvalue weighted by atomic mass is 16.6. The number of nitrogen functional groups attached to an aromatic ring is 1. The number of nitrogens with two attached hydrogens (primary N) is 1. The van der Waals surface area contributed by atoms with E-state index in [0.717, 1.165) is 0 Å². The van der Waals surface area contributed by atoms with Crippen molar-refractivity contribution in [2.75, 3.05) is 12.8 Å². The number of methoxy groups -OCH3 is 1. The lowest BCUT2D eigenvalue weighted by Gasteiger charge is -2.01. The molecule has 15 heavy (non-hydrogen) atoms.